The molecule has 13 nitrogen and oxygen atoms in total. The van der Waals surface area contributed by atoms with Gasteiger partial charge in [-0.05, 0) is 59.9 Å². The Hall–Kier alpha value is -4.98. The summed E-state index contributed by atoms with van der Waals surface area (Å²) in [5, 5.41) is 14.4. The number of carbonyl (C=O) groups is 3. The Kier molecular flexibility index (Phi) is 9.70. The van der Waals surface area contributed by atoms with Crippen molar-refractivity contribution in [3.8, 4) is 17.4 Å². The summed E-state index contributed by atoms with van der Waals surface area (Å²) in [5.41, 5.74) is 0.294. The molecule has 220 valence electrons. The zero-order valence-electron chi connectivity index (χ0n) is 22.4. The molecule has 0 bridgehead atoms. The third kappa shape index (κ3) is 7.20. The SMILES string of the molecule is CCC/C=C1/Oc2ccc(OC(=O)CCC(=O)OC/C=C/COc3no[n+]([O-])c3S(=O)(=O)c3ccccc3)cc2C1=O. The van der Waals surface area contributed by atoms with E-state index in [1.807, 2.05) is 6.92 Å². The highest BCUT2D eigenvalue weighted by Gasteiger charge is 2.35. The fourth-order valence-electron chi connectivity index (χ4n) is 3.65. The molecule has 0 fully saturated rings. The molecule has 2 aromatic carbocycles. The number of hydrogen-bond donors (Lipinski definition) is 0. The number of sulfone groups is 1. The summed E-state index contributed by atoms with van der Waals surface area (Å²) < 4.78 is 50.9. The van der Waals surface area contributed by atoms with Crippen molar-refractivity contribution in [1.82, 2.24) is 5.16 Å². The average molecular weight is 599 g/mol. The van der Waals surface area contributed by atoms with Crippen LogP contribution in [0, 0.1) is 5.21 Å². The smallest absolute Gasteiger partial charge is 0.415 e. The zero-order valence-corrected chi connectivity index (χ0v) is 23.2. The maximum atomic E-state index is 12.7. The monoisotopic (exact) mass is 598 g/mol. The predicted molar refractivity (Wildman–Crippen MR) is 142 cm³/mol. The average Bonchev–Trinajstić information content (AvgIpc) is 3.51. The lowest BCUT2D eigenvalue weighted by molar-refractivity contribution is -0.832. The van der Waals surface area contributed by atoms with Gasteiger partial charge in [-0.1, -0.05) is 31.5 Å². The number of ether oxygens (including phenoxy) is 4. The second kappa shape index (κ2) is 13.6. The van der Waals surface area contributed by atoms with Gasteiger partial charge in [0.2, 0.25) is 5.78 Å². The van der Waals surface area contributed by atoms with Gasteiger partial charge in [-0.3, -0.25) is 19.0 Å². The number of esters is 2. The number of Topliss-reactive ketones (excluding diaryl/α,β-unsaturated/α-hetero) is 1. The molecule has 0 spiro atoms. The number of nitrogens with zero attached hydrogens (tertiary/aromatic N) is 2. The van der Waals surface area contributed by atoms with Gasteiger partial charge >= 0.3 is 22.8 Å². The molecule has 0 radical (unpaired) electrons. The highest BCUT2D eigenvalue weighted by molar-refractivity contribution is 7.91. The number of carbonyl (C=O) groups excluding carboxylic acids is 3. The number of hydrogen-bond acceptors (Lipinski definition) is 12. The van der Waals surface area contributed by atoms with Gasteiger partial charge in [0.05, 0.1) is 28.5 Å². The molecular weight excluding hydrogens is 572 g/mol. The first-order valence-corrected chi connectivity index (χ1v) is 14.3. The van der Waals surface area contributed by atoms with Crippen LogP contribution in [0.15, 0.2) is 87.1 Å². The van der Waals surface area contributed by atoms with Crippen LogP contribution in [0.25, 0.3) is 0 Å². The molecular formula is C28H26N2O11S. The van der Waals surface area contributed by atoms with E-state index >= 15 is 0 Å². The van der Waals surface area contributed by atoms with E-state index in [2.05, 4.69) is 9.79 Å². The molecule has 1 aromatic heterocycles. The third-order valence-electron chi connectivity index (χ3n) is 5.70. The van der Waals surface area contributed by atoms with Gasteiger partial charge in [0.25, 0.3) is 9.84 Å². The number of rotatable bonds is 13. The molecule has 0 unspecified atom stereocenters. The number of allylic oxidation sites excluding steroid dienone is 2. The van der Waals surface area contributed by atoms with E-state index in [4.69, 9.17) is 18.9 Å². The highest BCUT2D eigenvalue weighted by Crippen LogP contribution is 2.34. The molecule has 1 aliphatic rings. The molecule has 1 aliphatic heterocycles. The minimum atomic E-state index is -4.24. The van der Waals surface area contributed by atoms with Crippen molar-refractivity contribution >= 4 is 27.6 Å². The summed E-state index contributed by atoms with van der Waals surface area (Å²) in [5.74, 6) is -1.38. The Labute approximate surface area is 240 Å². The molecule has 42 heavy (non-hydrogen) atoms. The normalized spacial score (nSPS) is 13.6. The van der Waals surface area contributed by atoms with E-state index in [0.29, 0.717) is 17.7 Å². The van der Waals surface area contributed by atoms with Gasteiger partial charge in [0, 0.05) is 0 Å². The molecule has 0 amide bonds. The Bertz CT molecular complexity index is 1630. The summed E-state index contributed by atoms with van der Waals surface area (Å²) in [6.45, 7) is 1.61. The van der Waals surface area contributed by atoms with Crippen molar-refractivity contribution in [2.24, 2.45) is 0 Å². The Morgan fingerprint density at radius 1 is 1.05 bits per heavy atom. The van der Waals surface area contributed by atoms with Crippen molar-refractivity contribution < 1.29 is 51.3 Å². The fraction of sp³-hybridized carbons (Fsp3) is 0.250. The van der Waals surface area contributed by atoms with E-state index in [9.17, 15) is 28.0 Å². The van der Waals surface area contributed by atoms with Gasteiger partial charge in [-0.15, -0.1) is 0 Å². The highest BCUT2D eigenvalue weighted by atomic mass is 32.2. The van der Waals surface area contributed by atoms with Crippen LogP contribution < -0.4 is 19.1 Å². The number of unbranched alkanes of at least 4 members (excludes halogenated alkanes) is 1. The predicted octanol–water partition coefficient (Wildman–Crippen LogP) is 3.26. The molecule has 0 saturated heterocycles. The van der Waals surface area contributed by atoms with Gasteiger partial charge in [0.15, 0.2) is 5.76 Å². The lowest BCUT2D eigenvalue weighted by atomic mass is 10.1. The molecule has 0 aliphatic carbocycles. The van der Waals surface area contributed by atoms with Gasteiger partial charge < -0.3 is 24.2 Å². The van der Waals surface area contributed by atoms with Crippen molar-refractivity contribution in [3.05, 3.63) is 83.3 Å². The van der Waals surface area contributed by atoms with Crippen LogP contribution in [-0.4, -0.2) is 44.5 Å². The molecule has 14 heteroatoms. The maximum absolute atomic E-state index is 12.7. The Morgan fingerprint density at radius 3 is 2.55 bits per heavy atom. The molecule has 0 saturated carbocycles. The molecule has 4 rings (SSSR count). The van der Waals surface area contributed by atoms with E-state index in [1.165, 1.54) is 54.6 Å². The molecule has 0 atom stereocenters. The quantitative estimate of drug-likeness (QED) is 0.0924. The van der Waals surface area contributed by atoms with Crippen molar-refractivity contribution in [2.75, 3.05) is 13.2 Å². The first kappa shape index (κ1) is 30.0. The lowest BCUT2D eigenvalue weighted by Gasteiger charge is -2.05. The van der Waals surface area contributed by atoms with Crippen molar-refractivity contribution in [3.63, 3.8) is 0 Å². The maximum Gasteiger partial charge on any atom is 0.415 e. The Morgan fingerprint density at radius 2 is 1.79 bits per heavy atom. The standard InChI is InChI=1S/C28H26N2O11S/c1-2-3-11-23-26(33)21-18-19(12-13-22(21)40-23)39-25(32)15-14-24(31)37-16-7-8-17-38-27-28(30(34)41-29-27)42(35,36)20-9-5-4-6-10-20/h4-13,18H,2-3,14-17H2,1H3/b8-7+,23-11+. The summed E-state index contributed by atoms with van der Waals surface area (Å²) in [6, 6.07) is 11.7. The van der Waals surface area contributed by atoms with Crippen LogP contribution in [0.4, 0.5) is 0 Å². The summed E-state index contributed by atoms with van der Waals surface area (Å²) in [7, 11) is -4.24. The fourth-order valence-corrected chi connectivity index (χ4v) is 4.94. The minimum absolute atomic E-state index is 0.139. The first-order chi connectivity index (χ1) is 20.2. The van der Waals surface area contributed by atoms with Crippen LogP contribution in [0.5, 0.6) is 17.4 Å². The topological polar surface area (TPSA) is 175 Å². The molecule has 3 aromatic rings. The minimum Gasteiger partial charge on any atom is -0.461 e. The van der Waals surface area contributed by atoms with Gasteiger partial charge in [-0.2, -0.15) is 0 Å². The largest absolute Gasteiger partial charge is 0.461 e. The summed E-state index contributed by atoms with van der Waals surface area (Å²) in [6.07, 6.45) is 5.61. The zero-order chi connectivity index (χ0) is 30.1. The van der Waals surface area contributed by atoms with Gasteiger partial charge in [-0.25, -0.2) is 8.42 Å². The number of ketones is 1. The summed E-state index contributed by atoms with van der Waals surface area (Å²) >= 11 is 0. The Balaban J connectivity index is 1.19. The van der Waals surface area contributed by atoms with Crippen LogP contribution in [0.2, 0.25) is 0 Å². The molecule has 0 N–H and O–H groups in total. The van der Waals surface area contributed by atoms with Crippen LogP contribution >= 0.6 is 0 Å². The van der Waals surface area contributed by atoms with Crippen LogP contribution in [-0.2, 0) is 24.2 Å². The van der Waals surface area contributed by atoms with E-state index in [0.717, 1.165) is 6.42 Å². The number of aromatic nitrogens is 2. The van der Waals surface area contributed by atoms with Gasteiger partial charge in [0.1, 0.15) is 24.7 Å². The lowest BCUT2D eigenvalue weighted by Crippen LogP contribution is -2.30. The summed E-state index contributed by atoms with van der Waals surface area (Å²) in [4.78, 5) is 36.2. The first-order valence-electron chi connectivity index (χ1n) is 12.8. The number of benzene rings is 2. The van der Waals surface area contributed by atoms with E-state index in [1.54, 1.807) is 12.1 Å². The van der Waals surface area contributed by atoms with Crippen molar-refractivity contribution in [2.45, 2.75) is 42.5 Å². The van der Waals surface area contributed by atoms with E-state index < -0.39 is 32.7 Å². The number of fused-ring (bicyclic) bond motifs is 1. The second-order valence-corrected chi connectivity index (χ2v) is 10.6. The van der Waals surface area contributed by atoms with Crippen molar-refractivity contribution in [1.29, 1.82) is 0 Å². The van der Waals surface area contributed by atoms with Crippen LogP contribution in [0.3, 0.4) is 0 Å². The molecule has 2 heterocycles. The van der Waals surface area contributed by atoms with E-state index in [-0.39, 0.29) is 53.1 Å². The third-order valence-corrected chi connectivity index (χ3v) is 7.43. The van der Waals surface area contributed by atoms with Crippen LogP contribution in [0.1, 0.15) is 43.0 Å². The second-order valence-electron chi connectivity index (χ2n) is 8.74.